The predicted octanol–water partition coefficient (Wildman–Crippen LogP) is 3.59. The number of aryl methyl sites for hydroxylation is 1. The van der Waals surface area contributed by atoms with Crippen LogP contribution in [-0.4, -0.2) is 42.1 Å². The molecule has 0 saturated carbocycles. The molecule has 2 heterocycles. The van der Waals surface area contributed by atoms with Gasteiger partial charge in [-0.1, -0.05) is 36.4 Å². The predicted molar refractivity (Wildman–Crippen MR) is 114 cm³/mol. The third-order valence-electron chi connectivity index (χ3n) is 7.53. The normalized spacial score (nSPS) is 27.2. The zero-order chi connectivity index (χ0) is 19.8. The molecule has 4 heteroatoms. The van der Waals surface area contributed by atoms with Crippen molar-refractivity contribution in [3.8, 4) is 5.75 Å². The van der Waals surface area contributed by atoms with Gasteiger partial charge in [0, 0.05) is 31.6 Å². The molecule has 2 aliphatic heterocycles. The Morgan fingerprint density at radius 2 is 1.90 bits per heavy atom. The van der Waals surface area contributed by atoms with E-state index in [9.17, 15) is 9.90 Å². The number of aromatic hydroxyl groups is 1. The van der Waals surface area contributed by atoms with E-state index in [2.05, 4.69) is 46.6 Å². The number of hydrogen-bond acceptors (Lipinski definition) is 3. The molecule has 2 atom stereocenters. The number of likely N-dealkylation sites (tertiary alicyclic amines) is 1. The molecule has 3 aliphatic rings. The highest BCUT2D eigenvalue weighted by Crippen LogP contribution is 2.46. The Morgan fingerprint density at radius 1 is 1.10 bits per heavy atom. The molecule has 0 bridgehead atoms. The lowest BCUT2D eigenvalue weighted by Gasteiger charge is -2.42. The van der Waals surface area contributed by atoms with E-state index in [-0.39, 0.29) is 11.3 Å². The lowest BCUT2D eigenvalue weighted by molar-refractivity contribution is -0.138. The smallest absolute Gasteiger partial charge is 0.227 e. The summed E-state index contributed by atoms with van der Waals surface area (Å²) in [6.07, 6.45) is 5.22. The maximum atomic E-state index is 13.6. The summed E-state index contributed by atoms with van der Waals surface area (Å²) in [6.45, 7) is 3.33. The molecule has 1 spiro atoms. The number of nitrogens with zero attached hydrogens (tertiary/aromatic N) is 1. The number of hydrogen-bond donors (Lipinski definition) is 2. The van der Waals surface area contributed by atoms with Crippen molar-refractivity contribution in [2.24, 2.45) is 5.92 Å². The minimum absolute atomic E-state index is 0.000585. The number of benzene rings is 2. The van der Waals surface area contributed by atoms with E-state index in [4.69, 9.17) is 0 Å². The van der Waals surface area contributed by atoms with Crippen molar-refractivity contribution in [3.05, 3.63) is 65.2 Å². The van der Waals surface area contributed by atoms with Crippen molar-refractivity contribution in [2.75, 3.05) is 26.2 Å². The fourth-order valence-corrected chi connectivity index (χ4v) is 6.01. The van der Waals surface area contributed by atoms with Gasteiger partial charge in [0.15, 0.2) is 0 Å². The van der Waals surface area contributed by atoms with E-state index in [1.165, 1.54) is 16.7 Å². The second kappa shape index (κ2) is 7.49. The summed E-state index contributed by atoms with van der Waals surface area (Å²) in [4.78, 5) is 15.7. The van der Waals surface area contributed by atoms with Gasteiger partial charge in [0.2, 0.25) is 5.91 Å². The van der Waals surface area contributed by atoms with Crippen molar-refractivity contribution in [1.82, 2.24) is 10.2 Å². The van der Waals surface area contributed by atoms with Gasteiger partial charge in [0.05, 0.1) is 5.92 Å². The minimum atomic E-state index is -0.116. The van der Waals surface area contributed by atoms with Gasteiger partial charge in [-0.3, -0.25) is 4.79 Å². The van der Waals surface area contributed by atoms with Gasteiger partial charge in [0.1, 0.15) is 5.75 Å². The zero-order valence-corrected chi connectivity index (χ0v) is 16.9. The fourth-order valence-electron chi connectivity index (χ4n) is 6.01. The van der Waals surface area contributed by atoms with Crippen molar-refractivity contribution in [1.29, 1.82) is 0 Å². The van der Waals surface area contributed by atoms with Crippen LogP contribution in [0.3, 0.4) is 0 Å². The van der Waals surface area contributed by atoms with Crippen LogP contribution in [0.25, 0.3) is 0 Å². The van der Waals surface area contributed by atoms with Crippen molar-refractivity contribution in [3.63, 3.8) is 0 Å². The van der Waals surface area contributed by atoms with Gasteiger partial charge in [-0.2, -0.15) is 0 Å². The number of rotatable bonds is 2. The summed E-state index contributed by atoms with van der Waals surface area (Å²) in [7, 11) is 0. The molecule has 2 fully saturated rings. The highest BCUT2D eigenvalue weighted by molar-refractivity contribution is 5.82. The number of nitrogens with one attached hydrogen (secondary N) is 1. The second-order valence-electron chi connectivity index (χ2n) is 9.04. The lowest BCUT2D eigenvalue weighted by atomic mass is 9.64. The van der Waals surface area contributed by atoms with Gasteiger partial charge in [-0.15, -0.1) is 0 Å². The molecule has 0 aromatic heterocycles. The molecular weight excluding hydrogens is 360 g/mol. The van der Waals surface area contributed by atoms with Crippen LogP contribution in [0.5, 0.6) is 5.75 Å². The minimum Gasteiger partial charge on any atom is -0.508 e. The quantitative estimate of drug-likeness (QED) is 0.824. The van der Waals surface area contributed by atoms with Crippen LogP contribution < -0.4 is 5.32 Å². The Balaban J connectivity index is 1.35. The lowest BCUT2D eigenvalue weighted by Crippen LogP contribution is -2.49. The topological polar surface area (TPSA) is 52.6 Å². The molecule has 1 amide bonds. The molecule has 29 heavy (non-hydrogen) atoms. The number of carbonyl (C=O) groups is 1. The first kappa shape index (κ1) is 18.7. The molecule has 1 aliphatic carbocycles. The summed E-state index contributed by atoms with van der Waals surface area (Å²) < 4.78 is 0. The van der Waals surface area contributed by atoms with Gasteiger partial charge in [0.25, 0.3) is 0 Å². The van der Waals surface area contributed by atoms with Crippen LogP contribution >= 0.6 is 0 Å². The maximum Gasteiger partial charge on any atom is 0.227 e. The monoisotopic (exact) mass is 390 g/mol. The average molecular weight is 391 g/mol. The summed E-state index contributed by atoms with van der Waals surface area (Å²) in [5.41, 5.74) is 3.79. The molecular formula is C25H30N2O2. The Hall–Kier alpha value is -2.33. The van der Waals surface area contributed by atoms with Gasteiger partial charge in [-0.05, 0) is 66.8 Å². The van der Waals surface area contributed by atoms with Crippen LogP contribution in [0.1, 0.15) is 48.3 Å². The first-order valence-corrected chi connectivity index (χ1v) is 11.0. The van der Waals surface area contributed by atoms with Gasteiger partial charge in [-0.25, -0.2) is 0 Å². The average Bonchev–Trinajstić information content (AvgIpc) is 3.18. The number of amides is 1. The zero-order valence-electron chi connectivity index (χ0n) is 16.9. The summed E-state index contributed by atoms with van der Waals surface area (Å²) in [5.74, 6) is 1.22. The summed E-state index contributed by atoms with van der Waals surface area (Å²) >= 11 is 0. The summed E-state index contributed by atoms with van der Waals surface area (Å²) in [6, 6.07) is 16.5. The summed E-state index contributed by atoms with van der Waals surface area (Å²) in [5, 5.41) is 13.5. The van der Waals surface area contributed by atoms with Crippen LogP contribution in [0.2, 0.25) is 0 Å². The Bertz CT molecular complexity index is 889. The molecule has 0 radical (unpaired) electrons. The highest BCUT2D eigenvalue weighted by Gasteiger charge is 2.51. The molecule has 152 valence electrons. The van der Waals surface area contributed by atoms with Crippen LogP contribution in [0, 0.1) is 5.92 Å². The third-order valence-corrected chi connectivity index (χ3v) is 7.53. The number of carbonyl (C=O) groups excluding carboxylic acids is 1. The van der Waals surface area contributed by atoms with Crippen molar-refractivity contribution >= 4 is 5.91 Å². The number of phenols is 1. The molecule has 2 N–H and O–H groups in total. The Labute approximate surface area is 172 Å². The first-order valence-electron chi connectivity index (χ1n) is 11.0. The van der Waals surface area contributed by atoms with Gasteiger partial charge < -0.3 is 15.3 Å². The van der Waals surface area contributed by atoms with Crippen LogP contribution in [-0.2, 0) is 16.6 Å². The molecule has 2 unspecified atom stereocenters. The van der Waals surface area contributed by atoms with E-state index < -0.39 is 0 Å². The number of fused-ring (bicyclic) bond motifs is 2. The fraction of sp³-hybridized carbons (Fsp3) is 0.480. The Kier molecular flexibility index (Phi) is 4.83. The first-order chi connectivity index (χ1) is 14.2. The van der Waals surface area contributed by atoms with Crippen molar-refractivity contribution in [2.45, 2.75) is 43.4 Å². The standard InChI is InChI=1S/C25H30N2O2/c28-21-8-9-22-20(15-21)7-4-12-25(22)17-26-16-23(25)24(29)27-13-10-19(11-14-27)18-5-2-1-3-6-18/h1-3,5-6,8-9,15,19,23,26,28H,4,7,10-14,16-17H2. The molecule has 4 nitrogen and oxygen atoms in total. The SMILES string of the molecule is O=C(C1CNCC12CCCc1cc(O)ccc12)N1CCC(c2ccccc2)CC1. The second-order valence-corrected chi connectivity index (χ2v) is 9.04. The molecule has 2 aromatic carbocycles. The molecule has 2 saturated heterocycles. The molecule has 5 rings (SSSR count). The van der Waals surface area contributed by atoms with E-state index in [0.29, 0.717) is 17.6 Å². The van der Waals surface area contributed by atoms with Crippen LogP contribution in [0.4, 0.5) is 0 Å². The van der Waals surface area contributed by atoms with Crippen LogP contribution in [0.15, 0.2) is 48.5 Å². The number of phenolic OH excluding ortho intramolecular Hbond substituents is 1. The largest absolute Gasteiger partial charge is 0.508 e. The van der Waals surface area contributed by atoms with Gasteiger partial charge >= 0.3 is 0 Å². The van der Waals surface area contributed by atoms with E-state index in [1.54, 1.807) is 6.07 Å². The Morgan fingerprint density at radius 3 is 2.69 bits per heavy atom. The maximum absolute atomic E-state index is 13.6. The van der Waals surface area contributed by atoms with E-state index in [1.807, 2.05) is 6.07 Å². The highest BCUT2D eigenvalue weighted by atomic mass is 16.3. The van der Waals surface area contributed by atoms with Crippen molar-refractivity contribution < 1.29 is 9.90 Å². The molecule has 2 aromatic rings. The third kappa shape index (κ3) is 3.24. The number of piperidine rings is 1. The van der Waals surface area contributed by atoms with E-state index >= 15 is 0 Å². The van der Waals surface area contributed by atoms with E-state index in [0.717, 1.165) is 58.3 Å².